The van der Waals surface area contributed by atoms with Crippen molar-refractivity contribution in [2.24, 2.45) is 0 Å². The van der Waals surface area contributed by atoms with Crippen LogP contribution in [-0.4, -0.2) is 27.7 Å². The smallest absolute Gasteiger partial charge is 0.272 e. The van der Waals surface area contributed by atoms with E-state index in [0.29, 0.717) is 30.6 Å². The molecule has 1 aliphatic carbocycles. The standard InChI is InChI=1S/C15H18N4O2/c1-2-21-15-11(4-3-7-16-15)9-17-14(20)13-8-12(18-19-13)10-5-6-10/h3-4,7-8,10H,2,5-6,9H2,1H3,(H,17,20)(H,18,19). The number of hydrogen-bond acceptors (Lipinski definition) is 4. The van der Waals surface area contributed by atoms with Crippen LogP contribution in [0.4, 0.5) is 0 Å². The van der Waals surface area contributed by atoms with E-state index in [1.807, 2.05) is 25.1 Å². The van der Waals surface area contributed by atoms with Crippen LogP contribution in [0.15, 0.2) is 24.4 Å². The van der Waals surface area contributed by atoms with Gasteiger partial charge in [0.05, 0.1) is 6.61 Å². The number of ether oxygens (including phenoxy) is 1. The maximum absolute atomic E-state index is 12.1. The Kier molecular flexibility index (Phi) is 3.85. The Bertz CT molecular complexity index is 634. The summed E-state index contributed by atoms with van der Waals surface area (Å²) in [6, 6.07) is 5.54. The van der Waals surface area contributed by atoms with Gasteiger partial charge in [-0.25, -0.2) is 4.98 Å². The number of pyridine rings is 1. The number of H-pyrrole nitrogens is 1. The Hall–Kier alpha value is -2.37. The lowest BCUT2D eigenvalue weighted by molar-refractivity contribution is 0.0945. The zero-order chi connectivity index (χ0) is 14.7. The monoisotopic (exact) mass is 286 g/mol. The highest BCUT2D eigenvalue weighted by molar-refractivity contribution is 5.92. The van der Waals surface area contributed by atoms with Crippen molar-refractivity contribution >= 4 is 5.91 Å². The van der Waals surface area contributed by atoms with Crippen LogP contribution in [0, 0.1) is 0 Å². The number of aromatic amines is 1. The summed E-state index contributed by atoms with van der Waals surface area (Å²) in [5.41, 5.74) is 2.33. The first-order valence-electron chi connectivity index (χ1n) is 7.18. The third-order valence-electron chi connectivity index (χ3n) is 3.42. The van der Waals surface area contributed by atoms with E-state index in [9.17, 15) is 4.79 Å². The second kappa shape index (κ2) is 5.95. The summed E-state index contributed by atoms with van der Waals surface area (Å²) < 4.78 is 5.43. The Morgan fingerprint density at radius 3 is 3.14 bits per heavy atom. The number of nitrogens with zero attached hydrogens (tertiary/aromatic N) is 2. The highest BCUT2D eigenvalue weighted by Crippen LogP contribution is 2.38. The fraction of sp³-hybridized carbons (Fsp3) is 0.400. The van der Waals surface area contributed by atoms with E-state index in [4.69, 9.17) is 4.74 Å². The van der Waals surface area contributed by atoms with Crippen LogP contribution in [-0.2, 0) is 6.54 Å². The van der Waals surface area contributed by atoms with Gasteiger partial charge in [-0.2, -0.15) is 5.10 Å². The lowest BCUT2D eigenvalue weighted by Crippen LogP contribution is -2.23. The van der Waals surface area contributed by atoms with Crippen molar-refractivity contribution in [3.8, 4) is 5.88 Å². The molecule has 0 radical (unpaired) electrons. The van der Waals surface area contributed by atoms with Gasteiger partial charge in [0.25, 0.3) is 5.91 Å². The zero-order valence-electron chi connectivity index (χ0n) is 11.9. The Morgan fingerprint density at radius 2 is 2.38 bits per heavy atom. The van der Waals surface area contributed by atoms with E-state index >= 15 is 0 Å². The predicted octanol–water partition coefficient (Wildman–Crippen LogP) is 2.01. The van der Waals surface area contributed by atoms with Gasteiger partial charge < -0.3 is 10.1 Å². The van der Waals surface area contributed by atoms with Gasteiger partial charge in [-0.05, 0) is 31.9 Å². The number of amides is 1. The van der Waals surface area contributed by atoms with Crippen LogP contribution in [0.5, 0.6) is 5.88 Å². The van der Waals surface area contributed by atoms with Crippen molar-refractivity contribution in [2.75, 3.05) is 6.61 Å². The van der Waals surface area contributed by atoms with Gasteiger partial charge in [-0.1, -0.05) is 6.07 Å². The van der Waals surface area contributed by atoms with Crippen LogP contribution in [0.25, 0.3) is 0 Å². The average molecular weight is 286 g/mol. The number of nitrogens with one attached hydrogen (secondary N) is 2. The minimum absolute atomic E-state index is 0.190. The molecule has 6 nitrogen and oxygen atoms in total. The van der Waals surface area contributed by atoms with E-state index in [0.717, 1.165) is 11.3 Å². The molecule has 0 aromatic carbocycles. The number of carbonyl (C=O) groups excluding carboxylic acids is 1. The van der Waals surface area contributed by atoms with Gasteiger partial charge in [-0.15, -0.1) is 0 Å². The molecule has 2 aromatic heterocycles. The normalized spacial score (nSPS) is 14.0. The zero-order valence-corrected chi connectivity index (χ0v) is 11.9. The number of hydrogen-bond donors (Lipinski definition) is 2. The fourth-order valence-electron chi connectivity index (χ4n) is 2.15. The van der Waals surface area contributed by atoms with E-state index in [1.54, 1.807) is 6.20 Å². The van der Waals surface area contributed by atoms with Crippen molar-refractivity contribution in [3.05, 3.63) is 41.3 Å². The molecule has 21 heavy (non-hydrogen) atoms. The quantitative estimate of drug-likeness (QED) is 0.851. The first kappa shape index (κ1) is 13.6. The lowest BCUT2D eigenvalue weighted by Gasteiger charge is -2.08. The van der Waals surface area contributed by atoms with Crippen molar-refractivity contribution in [1.29, 1.82) is 0 Å². The number of aromatic nitrogens is 3. The SMILES string of the molecule is CCOc1ncccc1CNC(=O)c1cc(C2CC2)[nH]n1. The van der Waals surface area contributed by atoms with Crippen molar-refractivity contribution < 1.29 is 9.53 Å². The topological polar surface area (TPSA) is 79.9 Å². The van der Waals surface area contributed by atoms with Crippen LogP contribution in [0.3, 0.4) is 0 Å². The average Bonchev–Trinajstić information content (AvgIpc) is 3.24. The first-order valence-corrected chi connectivity index (χ1v) is 7.18. The van der Waals surface area contributed by atoms with E-state index in [2.05, 4.69) is 20.5 Å². The van der Waals surface area contributed by atoms with E-state index < -0.39 is 0 Å². The Labute approximate surface area is 122 Å². The third kappa shape index (κ3) is 3.21. The maximum Gasteiger partial charge on any atom is 0.272 e. The van der Waals surface area contributed by atoms with Gasteiger partial charge in [0.1, 0.15) is 5.69 Å². The van der Waals surface area contributed by atoms with Crippen LogP contribution < -0.4 is 10.1 Å². The summed E-state index contributed by atoms with van der Waals surface area (Å²) in [6.07, 6.45) is 4.03. The summed E-state index contributed by atoms with van der Waals surface area (Å²) in [4.78, 5) is 16.2. The molecular formula is C15H18N4O2. The Balaban J connectivity index is 1.62. The van der Waals surface area contributed by atoms with Crippen LogP contribution >= 0.6 is 0 Å². The van der Waals surface area contributed by atoms with E-state index in [-0.39, 0.29) is 5.91 Å². The van der Waals surface area contributed by atoms with E-state index in [1.165, 1.54) is 12.8 Å². The third-order valence-corrected chi connectivity index (χ3v) is 3.42. The number of carbonyl (C=O) groups is 1. The van der Waals surface area contributed by atoms with Crippen LogP contribution in [0.1, 0.15) is 47.4 Å². The lowest BCUT2D eigenvalue weighted by atomic mass is 10.2. The van der Waals surface area contributed by atoms with Gasteiger partial charge in [-0.3, -0.25) is 9.89 Å². The molecule has 1 aliphatic rings. The molecule has 2 heterocycles. The molecule has 2 N–H and O–H groups in total. The molecule has 1 saturated carbocycles. The predicted molar refractivity (Wildman–Crippen MR) is 77.1 cm³/mol. The second-order valence-electron chi connectivity index (χ2n) is 5.07. The summed E-state index contributed by atoms with van der Waals surface area (Å²) in [6.45, 7) is 2.82. The molecule has 0 unspecified atom stereocenters. The highest BCUT2D eigenvalue weighted by atomic mass is 16.5. The molecule has 110 valence electrons. The molecule has 3 rings (SSSR count). The molecule has 1 fully saturated rings. The van der Waals surface area contributed by atoms with Crippen molar-refractivity contribution in [3.63, 3.8) is 0 Å². The summed E-state index contributed by atoms with van der Waals surface area (Å²) in [5.74, 6) is 0.923. The van der Waals surface area contributed by atoms with Crippen LogP contribution in [0.2, 0.25) is 0 Å². The summed E-state index contributed by atoms with van der Waals surface area (Å²) in [5, 5.41) is 9.84. The second-order valence-corrected chi connectivity index (χ2v) is 5.07. The van der Waals surface area contributed by atoms with Gasteiger partial charge in [0.15, 0.2) is 0 Å². The van der Waals surface area contributed by atoms with Crippen molar-refractivity contribution in [2.45, 2.75) is 32.2 Å². The molecule has 0 atom stereocenters. The summed E-state index contributed by atoms with van der Waals surface area (Å²) in [7, 11) is 0. The molecular weight excluding hydrogens is 268 g/mol. The highest BCUT2D eigenvalue weighted by Gasteiger charge is 2.26. The first-order chi connectivity index (χ1) is 10.3. The molecule has 0 bridgehead atoms. The molecule has 0 aliphatic heterocycles. The summed E-state index contributed by atoms with van der Waals surface area (Å²) >= 11 is 0. The Morgan fingerprint density at radius 1 is 1.52 bits per heavy atom. The molecule has 0 saturated heterocycles. The largest absolute Gasteiger partial charge is 0.478 e. The van der Waals surface area contributed by atoms with Crippen molar-refractivity contribution in [1.82, 2.24) is 20.5 Å². The fourth-order valence-corrected chi connectivity index (χ4v) is 2.15. The maximum atomic E-state index is 12.1. The minimum Gasteiger partial charge on any atom is -0.478 e. The molecule has 6 heteroatoms. The minimum atomic E-state index is -0.190. The van der Waals surface area contributed by atoms with Gasteiger partial charge in [0.2, 0.25) is 5.88 Å². The molecule has 0 spiro atoms. The number of rotatable bonds is 6. The van der Waals surface area contributed by atoms with Gasteiger partial charge in [0, 0.05) is 29.9 Å². The van der Waals surface area contributed by atoms with Gasteiger partial charge >= 0.3 is 0 Å². The molecule has 2 aromatic rings. The molecule has 1 amide bonds.